The van der Waals surface area contributed by atoms with Crippen LogP contribution in [0, 0.1) is 17.3 Å². The minimum atomic E-state index is -0.462. The maximum atomic E-state index is 13.9. The molecule has 1 N–H and O–H groups in total. The topological polar surface area (TPSA) is 107 Å². The predicted molar refractivity (Wildman–Crippen MR) is 126 cm³/mol. The smallest absolute Gasteiger partial charge is 0.274 e. The highest BCUT2D eigenvalue weighted by molar-refractivity contribution is 9.10. The van der Waals surface area contributed by atoms with Crippen molar-refractivity contribution >= 4 is 33.4 Å². The number of carbonyl (C=O) groups is 2. The van der Waals surface area contributed by atoms with Gasteiger partial charge in [-0.15, -0.1) is 5.10 Å². The first-order valence-corrected chi connectivity index (χ1v) is 13.0. The monoisotopic (exact) mass is 531 g/mol. The molecule has 4 bridgehead atoms. The first-order chi connectivity index (χ1) is 16.4. The van der Waals surface area contributed by atoms with E-state index in [-0.39, 0.29) is 17.4 Å². The van der Waals surface area contributed by atoms with Crippen molar-refractivity contribution < 1.29 is 14.3 Å². The van der Waals surface area contributed by atoms with Crippen molar-refractivity contribution in [3.05, 3.63) is 23.0 Å². The number of halogens is 1. The van der Waals surface area contributed by atoms with Crippen LogP contribution in [0.3, 0.4) is 0 Å². The molecule has 5 aliphatic rings. The zero-order valence-corrected chi connectivity index (χ0v) is 21.0. The summed E-state index contributed by atoms with van der Waals surface area (Å²) in [6.07, 6.45) is 9.23. The normalized spacial score (nSPS) is 32.2. The zero-order valence-electron chi connectivity index (χ0n) is 19.4. The molecule has 3 heterocycles. The third-order valence-electron chi connectivity index (χ3n) is 8.35. The minimum Gasteiger partial charge on any atom is -0.378 e. The Balaban J connectivity index is 1.29. The number of carbonyl (C=O) groups excluding carboxylic acids is 2. The molecule has 2 atom stereocenters. The van der Waals surface area contributed by atoms with Gasteiger partial charge in [0.1, 0.15) is 12.0 Å². The first-order valence-electron chi connectivity index (χ1n) is 12.2. The van der Waals surface area contributed by atoms with E-state index < -0.39 is 5.41 Å². The minimum absolute atomic E-state index is 0.0110. The Labute approximate surface area is 206 Å². The fourth-order valence-corrected chi connectivity index (χ4v) is 7.60. The largest absolute Gasteiger partial charge is 0.378 e. The van der Waals surface area contributed by atoms with Crippen LogP contribution in [0.15, 0.2) is 17.3 Å². The first kappa shape index (κ1) is 22.2. The Morgan fingerprint density at radius 1 is 1.21 bits per heavy atom. The van der Waals surface area contributed by atoms with Gasteiger partial charge in [-0.2, -0.15) is 5.10 Å². The molecule has 182 valence electrons. The summed E-state index contributed by atoms with van der Waals surface area (Å²) in [5.41, 5.74) is 0.338. The molecule has 2 aromatic heterocycles. The number of ether oxygens (including phenoxy) is 1. The highest BCUT2D eigenvalue weighted by Crippen LogP contribution is 2.64. The van der Waals surface area contributed by atoms with Crippen LogP contribution in [-0.4, -0.2) is 67.6 Å². The Bertz CT molecular complexity index is 1110. The second-order valence-corrected chi connectivity index (χ2v) is 11.2. The lowest BCUT2D eigenvalue weighted by molar-refractivity contribution is -0.150. The number of morpholine rings is 1. The van der Waals surface area contributed by atoms with Gasteiger partial charge in [0.25, 0.3) is 5.91 Å². The number of aryl methyl sites for hydroxylation is 1. The number of aromatic nitrogens is 5. The van der Waals surface area contributed by atoms with Crippen molar-refractivity contribution in [2.75, 3.05) is 31.6 Å². The number of amides is 2. The molecular formula is C23H30BrN7O3. The quantitative estimate of drug-likeness (QED) is 0.635. The maximum Gasteiger partial charge on any atom is 0.274 e. The zero-order chi connectivity index (χ0) is 23.5. The molecule has 2 amide bonds. The summed E-state index contributed by atoms with van der Waals surface area (Å²) in [6.45, 7) is 4.66. The van der Waals surface area contributed by atoms with Gasteiger partial charge in [0.2, 0.25) is 10.6 Å². The van der Waals surface area contributed by atoms with Crippen molar-refractivity contribution in [3.63, 3.8) is 0 Å². The number of nitrogens with one attached hydrogen (secondary N) is 1. The molecule has 1 aliphatic heterocycles. The average Bonchev–Trinajstić information content (AvgIpc) is 3.45. The van der Waals surface area contributed by atoms with E-state index in [0.717, 1.165) is 32.1 Å². The Kier molecular flexibility index (Phi) is 5.32. The molecule has 7 rings (SSSR count). The lowest BCUT2D eigenvalue weighted by Gasteiger charge is -2.60. The van der Waals surface area contributed by atoms with Crippen LogP contribution >= 0.6 is 15.9 Å². The molecule has 4 saturated carbocycles. The molecule has 2 unspecified atom stereocenters. The highest BCUT2D eigenvalue weighted by Gasteiger charge is 2.61. The van der Waals surface area contributed by atoms with Crippen LogP contribution in [-0.2, 0) is 21.6 Å². The molecule has 2 aromatic rings. The fourth-order valence-electron chi connectivity index (χ4n) is 7.33. The predicted octanol–water partition coefficient (Wildman–Crippen LogP) is 2.66. The van der Waals surface area contributed by atoms with Crippen LogP contribution in [0.25, 0.3) is 0 Å². The highest BCUT2D eigenvalue weighted by atomic mass is 79.9. The third-order valence-corrected chi connectivity index (χ3v) is 8.71. The van der Waals surface area contributed by atoms with Gasteiger partial charge in [-0.3, -0.25) is 14.3 Å². The van der Waals surface area contributed by atoms with Gasteiger partial charge in [-0.1, -0.05) is 0 Å². The number of rotatable bonds is 5. The van der Waals surface area contributed by atoms with E-state index in [0.29, 0.717) is 60.8 Å². The summed E-state index contributed by atoms with van der Waals surface area (Å²) in [5, 5.41) is 12.2. The lowest BCUT2D eigenvalue weighted by atomic mass is 9.46. The molecule has 0 aromatic carbocycles. The van der Waals surface area contributed by atoms with E-state index in [1.165, 1.54) is 6.42 Å². The van der Waals surface area contributed by atoms with E-state index in [1.807, 2.05) is 11.6 Å². The number of hydrogen-bond acceptors (Lipinski definition) is 6. The van der Waals surface area contributed by atoms with Gasteiger partial charge in [0.15, 0.2) is 0 Å². The van der Waals surface area contributed by atoms with Crippen molar-refractivity contribution in [2.45, 2.75) is 57.5 Å². The number of hydrogen-bond donors (Lipinski definition) is 1. The van der Waals surface area contributed by atoms with Gasteiger partial charge in [-0.25, -0.2) is 9.67 Å². The van der Waals surface area contributed by atoms with Crippen LogP contribution in [0.2, 0.25) is 0 Å². The van der Waals surface area contributed by atoms with Gasteiger partial charge < -0.3 is 15.0 Å². The number of anilines is 1. The van der Waals surface area contributed by atoms with Crippen LogP contribution in [0.1, 0.15) is 55.9 Å². The third kappa shape index (κ3) is 3.50. The summed E-state index contributed by atoms with van der Waals surface area (Å²) in [7, 11) is 0. The van der Waals surface area contributed by atoms with E-state index in [1.54, 1.807) is 22.1 Å². The molecule has 0 spiro atoms. The van der Waals surface area contributed by atoms with E-state index in [2.05, 4.69) is 36.4 Å². The van der Waals surface area contributed by atoms with Crippen molar-refractivity contribution in [3.8, 4) is 0 Å². The molecule has 10 nitrogen and oxygen atoms in total. The Morgan fingerprint density at radius 2 is 1.94 bits per heavy atom. The van der Waals surface area contributed by atoms with Crippen molar-refractivity contribution in [2.24, 2.45) is 17.3 Å². The fraction of sp³-hybridized carbons (Fsp3) is 0.696. The molecule has 5 fully saturated rings. The van der Waals surface area contributed by atoms with E-state index in [4.69, 9.17) is 4.74 Å². The Morgan fingerprint density at radius 3 is 2.59 bits per heavy atom. The Hall–Kier alpha value is -2.27. The van der Waals surface area contributed by atoms with Crippen LogP contribution < -0.4 is 5.32 Å². The van der Waals surface area contributed by atoms with E-state index in [9.17, 15) is 9.59 Å². The second-order valence-electron chi connectivity index (χ2n) is 10.5. The van der Waals surface area contributed by atoms with Crippen LogP contribution in [0.5, 0.6) is 0 Å². The average molecular weight is 532 g/mol. The van der Waals surface area contributed by atoms with Gasteiger partial charge in [-0.05, 0) is 73.2 Å². The second kappa shape index (κ2) is 8.15. The van der Waals surface area contributed by atoms with Crippen molar-refractivity contribution in [1.82, 2.24) is 29.4 Å². The van der Waals surface area contributed by atoms with Gasteiger partial charge in [0, 0.05) is 19.6 Å². The summed E-state index contributed by atoms with van der Waals surface area (Å²) in [5.74, 6) is 0.912. The maximum absolute atomic E-state index is 13.9. The molecular weight excluding hydrogens is 502 g/mol. The standard InChI is InChI=1S/C23H30BrN7O3/c1-2-30-18(19(32)29-3-5-34-6-4-29)17(12-26-30)27-20(33)22-8-15-7-16(9-22)11-23(10-15,13-22)31-14-25-21(24)28-31/h12,14-16H,2-11,13H2,1H3,(H,27,33). The van der Waals surface area contributed by atoms with Crippen molar-refractivity contribution in [1.29, 1.82) is 0 Å². The van der Waals surface area contributed by atoms with E-state index >= 15 is 0 Å². The lowest BCUT2D eigenvalue weighted by Crippen LogP contribution is -2.60. The van der Waals surface area contributed by atoms with Gasteiger partial charge >= 0.3 is 0 Å². The molecule has 4 aliphatic carbocycles. The molecule has 34 heavy (non-hydrogen) atoms. The SMILES string of the molecule is CCn1ncc(NC(=O)C23CC4CC(C2)CC(n2cnc(Br)n2)(C4)C3)c1C(=O)N1CCOCC1. The molecule has 0 radical (unpaired) electrons. The number of nitrogens with zero attached hydrogens (tertiary/aromatic N) is 6. The molecule has 1 saturated heterocycles. The van der Waals surface area contributed by atoms with Gasteiger partial charge in [0.05, 0.1) is 36.1 Å². The summed E-state index contributed by atoms with van der Waals surface area (Å²) < 4.78 is 9.67. The summed E-state index contributed by atoms with van der Waals surface area (Å²) in [6, 6.07) is 0. The molecule has 11 heteroatoms. The van der Waals surface area contributed by atoms with Crippen LogP contribution in [0.4, 0.5) is 5.69 Å². The summed E-state index contributed by atoms with van der Waals surface area (Å²) in [4.78, 5) is 33.4. The summed E-state index contributed by atoms with van der Waals surface area (Å²) >= 11 is 3.39.